The van der Waals surface area contributed by atoms with E-state index in [1.54, 1.807) is 0 Å². The molecule has 0 radical (unpaired) electrons. The Morgan fingerprint density at radius 1 is 1.29 bits per heavy atom. The van der Waals surface area contributed by atoms with Crippen LogP contribution in [0.3, 0.4) is 0 Å². The van der Waals surface area contributed by atoms with Gasteiger partial charge in [-0.05, 0) is 32.1 Å². The number of guanidine groups is 1. The maximum absolute atomic E-state index is 5.95. The average Bonchev–Trinajstić information content (AvgIpc) is 2.00. The molecule has 3 nitrogen and oxygen atoms in total. The Morgan fingerprint density at radius 3 is 2.21 bits per heavy atom. The monoisotopic (exact) mass is 197 g/mol. The number of hydrogen-bond donors (Lipinski definition) is 1. The Labute approximate surface area is 87.4 Å². The molecular formula is C11H23N3. The molecule has 0 amide bonds. The molecule has 2 unspecified atom stereocenters. The topological polar surface area (TPSA) is 41.6 Å². The number of nitrogens with zero attached hydrogens (tertiary/aromatic N) is 2. The van der Waals surface area contributed by atoms with Crippen molar-refractivity contribution in [2.24, 2.45) is 22.6 Å². The molecule has 0 aliphatic carbocycles. The summed E-state index contributed by atoms with van der Waals surface area (Å²) >= 11 is 0. The maximum atomic E-state index is 5.95. The van der Waals surface area contributed by atoms with Crippen LogP contribution in [-0.4, -0.2) is 30.0 Å². The first-order valence-corrected chi connectivity index (χ1v) is 5.57. The van der Waals surface area contributed by atoms with Crippen molar-refractivity contribution in [1.29, 1.82) is 0 Å². The molecule has 1 heterocycles. The Balaban J connectivity index is 2.59. The van der Waals surface area contributed by atoms with Gasteiger partial charge in [0, 0.05) is 19.1 Å². The predicted octanol–water partition coefficient (Wildman–Crippen LogP) is 1.69. The molecule has 3 heteroatoms. The van der Waals surface area contributed by atoms with Crippen LogP contribution in [0.1, 0.15) is 34.1 Å². The van der Waals surface area contributed by atoms with E-state index in [1.807, 2.05) is 0 Å². The molecule has 2 N–H and O–H groups in total. The van der Waals surface area contributed by atoms with Gasteiger partial charge in [-0.3, -0.25) is 4.99 Å². The highest BCUT2D eigenvalue weighted by molar-refractivity contribution is 5.78. The van der Waals surface area contributed by atoms with Crippen molar-refractivity contribution < 1.29 is 0 Å². The second-order valence-electron chi connectivity index (χ2n) is 4.93. The van der Waals surface area contributed by atoms with Crippen LogP contribution in [0.2, 0.25) is 0 Å². The molecule has 1 aliphatic heterocycles. The van der Waals surface area contributed by atoms with Crippen LogP contribution in [0, 0.1) is 11.8 Å². The van der Waals surface area contributed by atoms with Gasteiger partial charge in [0.25, 0.3) is 0 Å². The summed E-state index contributed by atoms with van der Waals surface area (Å²) in [6.07, 6.45) is 1.31. The minimum absolute atomic E-state index is 0.294. The third-order valence-electron chi connectivity index (χ3n) is 2.58. The van der Waals surface area contributed by atoms with Gasteiger partial charge < -0.3 is 10.6 Å². The second kappa shape index (κ2) is 4.67. The van der Waals surface area contributed by atoms with Gasteiger partial charge >= 0.3 is 0 Å². The Bertz CT molecular complexity index is 201. The quantitative estimate of drug-likeness (QED) is 0.513. The lowest BCUT2D eigenvalue weighted by Crippen LogP contribution is -2.46. The van der Waals surface area contributed by atoms with Gasteiger partial charge in [0.2, 0.25) is 0 Å². The lowest BCUT2D eigenvalue weighted by Gasteiger charge is -2.35. The first kappa shape index (κ1) is 11.3. The van der Waals surface area contributed by atoms with E-state index in [0.29, 0.717) is 6.04 Å². The summed E-state index contributed by atoms with van der Waals surface area (Å²) in [4.78, 5) is 6.61. The summed E-state index contributed by atoms with van der Waals surface area (Å²) < 4.78 is 0. The smallest absolute Gasteiger partial charge is 0.191 e. The SMILES string of the molecule is CC1CC(C)CN(C(N)=NC(C)C)C1. The van der Waals surface area contributed by atoms with E-state index < -0.39 is 0 Å². The fourth-order valence-electron chi connectivity index (χ4n) is 2.20. The molecule has 0 aromatic carbocycles. The van der Waals surface area contributed by atoms with E-state index in [1.165, 1.54) is 6.42 Å². The highest BCUT2D eigenvalue weighted by atomic mass is 15.3. The minimum Gasteiger partial charge on any atom is -0.370 e. The number of piperidine rings is 1. The zero-order chi connectivity index (χ0) is 10.7. The van der Waals surface area contributed by atoms with E-state index in [4.69, 9.17) is 5.73 Å². The van der Waals surface area contributed by atoms with Crippen LogP contribution in [0.4, 0.5) is 0 Å². The van der Waals surface area contributed by atoms with Gasteiger partial charge in [-0.15, -0.1) is 0 Å². The predicted molar refractivity (Wildman–Crippen MR) is 61.3 cm³/mol. The largest absolute Gasteiger partial charge is 0.370 e. The number of likely N-dealkylation sites (tertiary alicyclic amines) is 1. The maximum Gasteiger partial charge on any atom is 0.191 e. The molecule has 1 fully saturated rings. The van der Waals surface area contributed by atoms with Gasteiger partial charge in [0.15, 0.2) is 5.96 Å². The fraction of sp³-hybridized carbons (Fsp3) is 0.909. The zero-order valence-corrected chi connectivity index (χ0v) is 9.83. The van der Waals surface area contributed by atoms with Crippen molar-refractivity contribution in [2.45, 2.75) is 40.2 Å². The summed E-state index contributed by atoms with van der Waals surface area (Å²) in [7, 11) is 0. The summed E-state index contributed by atoms with van der Waals surface area (Å²) in [5, 5.41) is 0. The summed E-state index contributed by atoms with van der Waals surface area (Å²) in [6, 6.07) is 0.294. The molecule has 2 atom stereocenters. The standard InChI is InChI=1S/C11H23N3/c1-8(2)13-11(12)14-6-9(3)5-10(4)7-14/h8-10H,5-7H2,1-4H3,(H2,12,13). The van der Waals surface area contributed by atoms with Crippen LogP contribution >= 0.6 is 0 Å². The van der Waals surface area contributed by atoms with Gasteiger partial charge in [-0.1, -0.05) is 13.8 Å². The third kappa shape index (κ3) is 3.20. The summed E-state index contributed by atoms with van der Waals surface area (Å²) in [5.41, 5.74) is 5.95. The van der Waals surface area contributed by atoms with E-state index >= 15 is 0 Å². The molecule has 14 heavy (non-hydrogen) atoms. The Hall–Kier alpha value is -0.730. The van der Waals surface area contributed by atoms with Crippen molar-refractivity contribution >= 4 is 5.96 Å². The minimum atomic E-state index is 0.294. The van der Waals surface area contributed by atoms with Crippen LogP contribution in [0.5, 0.6) is 0 Å². The molecule has 0 aromatic rings. The van der Waals surface area contributed by atoms with E-state index in [2.05, 4.69) is 37.6 Å². The second-order valence-corrected chi connectivity index (χ2v) is 4.93. The molecule has 1 rings (SSSR count). The van der Waals surface area contributed by atoms with Gasteiger partial charge in [-0.25, -0.2) is 0 Å². The van der Waals surface area contributed by atoms with Crippen molar-refractivity contribution in [2.75, 3.05) is 13.1 Å². The number of rotatable bonds is 1. The molecule has 0 saturated carbocycles. The molecule has 82 valence electrons. The average molecular weight is 197 g/mol. The Kier molecular flexibility index (Phi) is 3.78. The van der Waals surface area contributed by atoms with Crippen molar-refractivity contribution in [3.63, 3.8) is 0 Å². The molecule has 1 aliphatic rings. The molecule has 0 aromatic heterocycles. The van der Waals surface area contributed by atoms with E-state index in [9.17, 15) is 0 Å². The Morgan fingerprint density at radius 2 is 1.79 bits per heavy atom. The van der Waals surface area contributed by atoms with Crippen LogP contribution in [-0.2, 0) is 0 Å². The van der Waals surface area contributed by atoms with Crippen molar-refractivity contribution in [1.82, 2.24) is 4.90 Å². The lowest BCUT2D eigenvalue weighted by molar-refractivity contribution is 0.211. The molecule has 0 bridgehead atoms. The third-order valence-corrected chi connectivity index (χ3v) is 2.58. The summed E-state index contributed by atoms with van der Waals surface area (Å²) in [6.45, 7) is 10.8. The van der Waals surface area contributed by atoms with Crippen LogP contribution in [0.15, 0.2) is 4.99 Å². The van der Waals surface area contributed by atoms with E-state index in [-0.39, 0.29) is 0 Å². The molecule has 0 spiro atoms. The van der Waals surface area contributed by atoms with Gasteiger partial charge in [0.05, 0.1) is 0 Å². The molecule has 1 saturated heterocycles. The normalized spacial score (nSPS) is 29.8. The first-order chi connectivity index (χ1) is 6.49. The first-order valence-electron chi connectivity index (χ1n) is 5.57. The highest BCUT2D eigenvalue weighted by Gasteiger charge is 2.22. The van der Waals surface area contributed by atoms with E-state index in [0.717, 1.165) is 30.9 Å². The van der Waals surface area contributed by atoms with Crippen LogP contribution in [0.25, 0.3) is 0 Å². The van der Waals surface area contributed by atoms with Crippen molar-refractivity contribution in [3.8, 4) is 0 Å². The van der Waals surface area contributed by atoms with Crippen molar-refractivity contribution in [3.05, 3.63) is 0 Å². The zero-order valence-electron chi connectivity index (χ0n) is 9.83. The molecular weight excluding hydrogens is 174 g/mol. The number of aliphatic imine (C=N–C) groups is 1. The lowest BCUT2D eigenvalue weighted by atomic mass is 9.92. The van der Waals surface area contributed by atoms with Crippen LogP contribution < -0.4 is 5.73 Å². The fourth-order valence-corrected chi connectivity index (χ4v) is 2.20. The number of hydrogen-bond acceptors (Lipinski definition) is 1. The van der Waals surface area contributed by atoms with Gasteiger partial charge in [0.1, 0.15) is 0 Å². The highest BCUT2D eigenvalue weighted by Crippen LogP contribution is 2.20. The number of nitrogens with two attached hydrogens (primary N) is 1. The van der Waals surface area contributed by atoms with Gasteiger partial charge in [-0.2, -0.15) is 0 Å². The summed E-state index contributed by atoms with van der Waals surface area (Å²) in [5.74, 6) is 2.19.